The second kappa shape index (κ2) is 16.2. The molecule has 4 heterocycles. The zero-order chi connectivity index (χ0) is 41.6. The second-order valence-electron chi connectivity index (χ2n) is 15.5. The first-order chi connectivity index (χ1) is 28.3. The van der Waals surface area contributed by atoms with Crippen molar-refractivity contribution in [2.75, 3.05) is 59.8 Å². The monoisotopic (exact) mass is 815 g/mol. The fraction of sp³-hybridized carbons (Fsp3) is 0.395. The number of benzene rings is 3. The average molecular weight is 816 g/mol. The first-order valence-corrected chi connectivity index (χ1v) is 19.8. The summed E-state index contributed by atoms with van der Waals surface area (Å²) in [5.41, 5.74) is 2.92. The molecule has 1 aromatic heterocycles. The third kappa shape index (κ3) is 8.08. The summed E-state index contributed by atoms with van der Waals surface area (Å²) in [5.74, 6) is -1.54. The van der Waals surface area contributed by atoms with Crippen molar-refractivity contribution in [2.24, 2.45) is 7.05 Å². The summed E-state index contributed by atoms with van der Waals surface area (Å²) in [6.45, 7) is 4.44. The maximum Gasteiger partial charge on any atom is 0.409 e. The minimum Gasteiger partial charge on any atom is -0.392 e. The largest absolute Gasteiger partial charge is 0.409 e. The van der Waals surface area contributed by atoms with Crippen molar-refractivity contribution in [2.45, 2.75) is 62.9 Å². The number of piperazine rings is 1. The van der Waals surface area contributed by atoms with Gasteiger partial charge in [-0.2, -0.15) is 13.2 Å². The summed E-state index contributed by atoms with van der Waals surface area (Å²) in [6.07, 6.45) is 1.66. The number of nitrogens with zero attached hydrogens (tertiary/aromatic N) is 5. The van der Waals surface area contributed by atoms with Crippen molar-refractivity contribution in [3.63, 3.8) is 0 Å². The highest BCUT2D eigenvalue weighted by atomic mass is 19.4. The molecule has 12 nitrogen and oxygen atoms in total. The fourth-order valence-corrected chi connectivity index (χ4v) is 8.56. The van der Waals surface area contributed by atoms with E-state index in [0.29, 0.717) is 67.3 Å². The lowest BCUT2D eigenvalue weighted by Crippen LogP contribution is -2.61. The van der Waals surface area contributed by atoms with E-state index in [4.69, 9.17) is 4.74 Å². The SMILES string of the molecule is C=CC(=O)Nc1cc(Nc2nc(-c3cccc(N4CCc5cc(C6CC6)cc(F)c5C4=O)c3CO)cn(C)c2=O)ccc1N1CCN(C2CCOCC2)CC1C(F)(F)F. The van der Waals surface area contributed by atoms with Gasteiger partial charge < -0.3 is 34.8 Å². The highest BCUT2D eigenvalue weighted by Gasteiger charge is 2.48. The van der Waals surface area contributed by atoms with Crippen LogP contribution in [-0.2, 0) is 29.6 Å². The third-order valence-corrected chi connectivity index (χ3v) is 11.8. The number of hydrogen-bond donors (Lipinski definition) is 3. The summed E-state index contributed by atoms with van der Waals surface area (Å²) < 4.78 is 66.3. The standard InChI is InChI=1S/C43H45F4N7O5/c1-3-38(56)49-33-21-28(9-10-36(33)53-16-15-52(23-37(53)43(45,46)47)29-12-17-59-18-13-29)48-40-42(58)51(2)22-34(50-40)30-5-4-6-35(31(30)24-55)54-14-11-26-19-27(25-7-8-25)20-32(44)39(26)41(54)57/h3-6,9-10,19-22,25,29,37,55H,1,7-8,11-18,23-24H2,2H3,(H,48,50)(H,49,56). The van der Waals surface area contributed by atoms with Crippen LogP contribution in [0.3, 0.4) is 0 Å². The fourth-order valence-electron chi connectivity index (χ4n) is 8.56. The van der Waals surface area contributed by atoms with Crippen molar-refractivity contribution in [3.8, 4) is 11.3 Å². The summed E-state index contributed by atoms with van der Waals surface area (Å²) in [6, 6.07) is 11.0. The van der Waals surface area contributed by atoms with Crippen molar-refractivity contribution in [1.82, 2.24) is 14.5 Å². The van der Waals surface area contributed by atoms with Crippen LogP contribution in [0, 0.1) is 5.82 Å². The summed E-state index contributed by atoms with van der Waals surface area (Å²) >= 11 is 0. The lowest BCUT2D eigenvalue weighted by Gasteiger charge is -2.47. The molecule has 8 rings (SSSR count). The molecular weight excluding hydrogens is 771 g/mol. The molecule has 3 aliphatic heterocycles. The summed E-state index contributed by atoms with van der Waals surface area (Å²) in [7, 11) is 1.51. The molecule has 1 aliphatic carbocycles. The Hall–Kier alpha value is -5.58. The molecule has 16 heteroatoms. The lowest BCUT2D eigenvalue weighted by molar-refractivity contribution is -0.159. The van der Waals surface area contributed by atoms with Gasteiger partial charge in [0.1, 0.15) is 11.9 Å². The number of aliphatic hydroxyl groups excluding tert-OH is 1. The van der Waals surface area contributed by atoms with E-state index in [0.717, 1.165) is 24.5 Å². The van der Waals surface area contributed by atoms with Crippen LogP contribution in [0.15, 0.2) is 72.2 Å². The zero-order valence-corrected chi connectivity index (χ0v) is 32.5. The van der Waals surface area contributed by atoms with Gasteiger partial charge in [-0.25, -0.2) is 9.37 Å². The van der Waals surface area contributed by atoms with Crippen LogP contribution < -0.4 is 26.0 Å². The highest BCUT2D eigenvalue weighted by molar-refractivity contribution is 6.09. The van der Waals surface area contributed by atoms with E-state index in [1.807, 2.05) is 11.0 Å². The molecule has 1 atom stereocenters. The van der Waals surface area contributed by atoms with Gasteiger partial charge in [0, 0.05) is 75.5 Å². The molecule has 0 bridgehead atoms. The van der Waals surface area contributed by atoms with Gasteiger partial charge in [0.25, 0.3) is 11.5 Å². The number of rotatable bonds is 10. The van der Waals surface area contributed by atoms with Crippen LogP contribution in [0.1, 0.15) is 58.6 Å². The van der Waals surface area contributed by atoms with Gasteiger partial charge in [-0.05, 0) is 85.6 Å². The van der Waals surface area contributed by atoms with Gasteiger partial charge >= 0.3 is 6.18 Å². The Morgan fingerprint density at radius 2 is 1.81 bits per heavy atom. The predicted molar refractivity (Wildman–Crippen MR) is 216 cm³/mol. The molecule has 2 amide bonds. The Bertz CT molecular complexity index is 2360. The number of nitrogens with one attached hydrogen (secondary N) is 2. The number of alkyl halides is 3. The van der Waals surface area contributed by atoms with Gasteiger partial charge in [0.2, 0.25) is 5.91 Å². The normalized spacial score (nSPS) is 19.1. The number of anilines is 5. The first kappa shape index (κ1) is 40.2. The highest BCUT2D eigenvalue weighted by Crippen LogP contribution is 2.43. The van der Waals surface area contributed by atoms with Crippen LogP contribution in [0.5, 0.6) is 0 Å². The van der Waals surface area contributed by atoms with E-state index in [1.54, 1.807) is 18.2 Å². The second-order valence-corrected chi connectivity index (χ2v) is 15.5. The third-order valence-electron chi connectivity index (χ3n) is 11.8. The van der Waals surface area contributed by atoms with Crippen LogP contribution >= 0.6 is 0 Å². The minimum atomic E-state index is -4.58. The van der Waals surface area contributed by atoms with Gasteiger partial charge in [-0.3, -0.25) is 19.3 Å². The smallest absolute Gasteiger partial charge is 0.392 e. The number of amides is 2. The van der Waals surface area contributed by atoms with Crippen molar-refractivity contribution in [1.29, 1.82) is 0 Å². The molecule has 310 valence electrons. The Morgan fingerprint density at radius 1 is 1.03 bits per heavy atom. The number of hydrogen-bond acceptors (Lipinski definition) is 9. The number of fused-ring (bicyclic) bond motifs is 1. The van der Waals surface area contributed by atoms with Crippen molar-refractivity contribution >= 4 is 40.4 Å². The number of carbonyl (C=O) groups excluding carboxylic acids is 2. The molecule has 2 saturated heterocycles. The number of carbonyl (C=O) groups is 2. The van der Waals surface area contributed by atoms with Crippen LogP contribution in [0.2, 0.25) is 0 Å². The molecule has 4 aromatic rings. The van der Waals surface area contributed by atoms with Gasteiger partial charge in [0.05, 0.1) is 34.9 Å². The Morgan fingerprint density at radius 3 is 2.53 bits per heavy atom. The number of aliphatic hydroxyl groups is 1. The zero-order valence-electron chi connectivity index (χ0n) is 32.5. The molecule has 4 aliphatic rings. The van der Waals surface area contributed by atoms with Crippen LogP contribution in [0.25, 0.3) is 11.3 Å². The Kier molecular flexibility index (Phi) is 11.1. The number of ether oxygens (including phenoxy) is 1. The summed E-state index contributed by atoms with van der Waals surface area (Å²) in [5, 5.41) is 16.3. The molecule has 3 N–H and O–H groups in total. The van der Waals surface area contributed by atoms with Crippen molar-refractivity contribution < 1.29 is 37.0 Å². The number of aromatic nitrogens is 2. The average Bonchev–Trinajstić information content (AvgIpc) is 4.08. The van der Waals surface area contributed by atoms with Crippen molar-refractivity contribution in [3.05, 3.63) is 106 Å². The van der Waals surface area contributed by atoms with E-state index in [1.165, 1.54) is 51.9 Å². The minimum absolute atomic E-state index is 0.0153. The maximum absolute atomic E-state index is 15.4. The molecule has 59 heavy (non-hydrogen) atoms. The quantitative estimate of drug-likeness (QED) is 0.126. The Balaban J connectivity index is 1.10. The summed E-state index contributed by atoms with van der Waals surface area (Å²) in [4.78, 5) is 49.1. The topological polar surface area (TPSA) is 132 Å². The Labute approximate surface area is 338 Å². The van der Waals surface area contributed by atoms with Gasteiger partial charge in [-0.15, -0.1) is 0 Å². The number of aryl methyl sites for hydroxylation is 1. The molecule has 1 unspecified atom stereocenters. The first-order valence-electron chi connectivity index (χ1n) is 19.8. The van der Waals surface area contributed by atoms with E-state index >= 15 is 4.39 Å². The van der Waals surface area contributed by atoms with Crippen LogP contribution in [0.4, 0.5) is 46.1 Å². The van der Waals surface area contributed by atoms with E-state index in [9.17, 15) is 32.7 Å². The number of halogens is 4. The molecule has 3 aromatic carbocycles. The molecule has 0 spiro atoms. The molecular formula is C43H45F4N7O5. The molecule has 1 saturated carbocycles. The van der Waals surface area contributed by atoms with E-state index in [2.05, 4.69) is 22.2 Å². The maximum atomic E-state index is 15.4. The lowest BCUT2D eigenvalue weighted by atomic mass is 9.93. The molecule has 0 radical (unpaired) electrons. The van der Waals surface area contributed by atoms with Crippen LogP contribution in [-0.4, -0.2) is 89.0 Å². The van der Waals surface area contributed by atoms with Gasteiger partial charge in [-0.1, -0.05) is 24.8 Å². The molecule has 3 fully saturated rings. The van der Waals surface area contributed by atoms with E-state index < -0.39 is 42.0 Å². The predicted octanol–water partition coefficient (Wildman–Crippen LogP) is 6.26. The van der Waals surface area contributed by atoms with Gasteiger partial charge in [0.15, 0.2) is 5.82 Å². The van der Waals surface area contributed by atoms with E-state index in [-0.39, 0.29) is 59.8 Å².